The standard InChI is InChI=1S/C13H17F2NO/c14-13(15,11-5-2-1-3-6-11)10-16-12-7-4-8-17-9-12/h1-3,5-6,12,16H,4,7-10H2. The van der Waals surface area contributed by atoms with Crippen LogP contribution in [0.25, 0.3) is 0 Å². The van der Waals surface area contributed by atoms with Gasteiger partial charge in [-0.15, -0.1) is 0 Å². The molecular formula is C13H17F2NO. The molecule has 0 aromatic heterocycles. The van der Waals surface area contributed by atoms with E-state index in [4.69, 9.17) is 4.74 Å². The summed E-state index contributed by atoms with van der Waals surface area (Å²) in [6.07, 6.45) is 1.85. The molecule has 1 aliphatic rings. The maximum absolute atomic E-state index is 13.8. The Kier molecular flexibility index (Phi) is 4.07. The smallest absolute Gasteiger partial charge is 0.285 e. The molecule has 1 heterocycles. The minimum atomic E-state index is -2.82. The lowest BCUT2D eigenvalue weighted by Crippen LogP contribution is -2.42. The molecule has 1 fully saturated rings. The molecule has 0 aliphatic carbocycles. The number of rotatable bonds is 4. The van der Waals surface area contributed by atoms with E-state index in [2.05, 4.69) is 5.32 Å². The molecule has 94 valence electrons. The molecule has 1 N–H and O–H groups in total. The highest BCUT2D eigenvalue weighted by Crippen LogP contribution is 2.27. The van der Waals surface area contributed by atoms with Gasteiger partial charge in [0.1, 0.15) is 0 Å². The second-order valence-corrected chi connectivity index (χ2v) is 4.37. The third-order valence-electron chi connectivity index (χ3n) is 2.97. The fraction of sp³-hybridized carbons (Fsp3) is 0.538. The second kappa shape index (κ2) is 5.56. The molecule has 0 radical (unpaired) electrons. The Hall–Kier alpha value is -1.00. The van der Waals surface area contributed by atoms with E-state index in [9.17, 15) is 8.78 Å². The maximum atomic E-state index is 13.8. The van der Waals surface area contributed by atoms with E-state index in [0.29, 0.717) is 6.61 Å². The monoisotopic (exact) mass is 241 g/mol. The quantitative estimate of drug-likeness (QED) is 0.874. The highest BCUT2D eigenvalue weighted by molar-refractivity contribution is 5.20. The number of hydrogen-bond acceptors (Lipinski definition) is 2. The van der Waals surface area contributed by atoms with Crippen LogP contribution in [0, 0.1) is 0 Å². The van der Waals surface area contributed by atoms with Gasteiger partial charge in [0.15, 0.2) is 0 Å². The van der Waals surface area contributed by atoms with E-state index in [1.165, 1.54) is 12.1 Å². The summed E-state index contributed by atoms with van der Waals surface area (Å²) in [5.41, 5.74) is 0.0595. The molecule has 0 bridgehead atoms. The van der Waals surface area contributed by atoms with Crippen molar-refractivity contribution >= 4 is 0 Å². The van der Waals surface area contributed by atoms with Gasteiger partial charge in [-0.2, -0.15) is 8.78 Å². The number of ether oxygens (including phenoxy) is 1. The van der Waals surface area contributed by atoms with E-state index in [-0.39, 0.29) is 18.2 Å². The van der Waals surface area contributed by atoms with Crippen molar-refractivity contribution in [1.82, 2.24) is 5.32 Å². The first-order valence-corrected chi connectivity index (χ1v) is 5.93. The lowest BCUT2D eigenvalue weighted by molar-refractivity contribution is -0.0139. The highest BCUT2D eigenvalue weighted by atomic mass is 19.3. The van der Waals surface area contributed by atoms with Crippen molar-refractivity contribution in [3.63, 3.8) is 0 Å². The van der Waals surface area contributed by atoms with E-state index in [1.807, 2.05) is 0 Å². The minimum Gasteiger partial charge on any atom is -0.380 e. The summed E-state index contributed by atoms with van der Waals surface area (Å²) in [6.45, 7) is 0.948. The molecule has 17 heavy (non-hydrogen) atoms. The maximum Gasteiger partial charge on any atom is 0.285 e. The third kappa shape index (κ3) is 3.48. The Bertz CT molecular complexity index is 337. The summed E-state index contributed by atoms with van der Waals surface area (Å²) < 4.78 is 32.9. The molecule has 1 saturated heterocycles. The molecule has 0 spiro atoms. The van der Waals surface area contributed by atoms with E-state index in [1.54, 1.807) is 18.2 Å². The Morgan fingerprint density at radius 1 is 1.29 bits per heavy atom. The van der Waals surface area contributed by atoms with Crippen LogP contribution in [0.1, 0.15) is 18.4 Å². The van der Waals surface area contributed by atoms with Crippen LogP contribution in [0.3, 0.4) is 0 Å². The van der Waals surface area contributed by atoms with Crippen molar-refractivity contribution in [3.05, 3.63) is 35.9 Å². The highest BCUT2D eigenvalue weighted by Gasteiger charge is 2.31. The zero-order chi connectivity index (χ0) is 12.1. The Labute approximate surface area is 100.0 Å². The molecule has 2 rings (SSSR count). The summed E-state index contributed by atoms with van der Waals surface area (Å²) in [6, 6.07) is 7.97. The van der Waals surface area contributed by atoms with Crippen molar-refractivity contribution in [2.24, 2.45) is 0 Å². The van der Waals surface area contributed by atoms with Crippen LogP contribution in [0.2, 0.25) is 0 Å². The van der Waals surface area contributed by atoms with E-state index in [0.717, 1.165) is 19.4 Å². The molecule has 1 aromatic rings. The van der Waals surface area contributed by atoms with E-state index < -0.39 is 5.92 Å². The number of alkyl halides is 2. The third-order valence-corrected chi connectivity index (χ3v) is 2.97. The van der Waals surface area contributed by atoms with Gasteiger partial charge in [0, 0.05) is 18.2 Å². The lowest BCUT2D eigenvalue weighted by Gasteiger charge is -2.26. The first-order valence-electron chi connectivity index (χ1n) is 5.93. The summed E-state index contributed by atoms with van der Waals surface area (Å²) in [7, 11) is 0. The zero-order valence-electron chi connectivity index (χ0n) is 9.66. The van der Waals surface area contributed by atoms with Gasteiger partial charge in [-0.1, -0.05) is 30.3 Å². The second-order valence-electron chi connectivity index (χ2n) is 4.37. The number of benzene rings is 1. The fourth-order valence-electron chi connectivity index (χ4n) is 1.96. The lowest BCUT2D eigenvalue weighted by atomic mass is 10.1. The van der Waals surface area contributed by atoms with Gasteiger partial charge in [0.25, 0.3) is 5.92 Å². The normalized spacial score (nSPS) is 21.4. The molecule has 0 amide bonds. The van der Waals surface area contributed by atoms with Gasteiger partial charge < -0.3 is 10.1 Å². The zero-order valence-corrected chi connectivity index (χ0v) is 9.66. The van der Waals surface area contributed by atoms with Crippen LogP contribution in [0.4, 0.5) is 8.78 Å². The molecule has 1 aliphatic heterocycles. The van der Waals surface area contributed by atoms with Crippen LogP contribution in [0.5, 0.6) is 0 Å². The largest absolute Gasteiger partial charge is 0.380 e. The minimum absolute atomic E-state index is 0.0540. The topological polar surface area (TPSA) is 21.3 Å². The van der Waals surface area contributed by atoms with Gasteiger partial charge in [-0.3, -0.25) is 0 Å². The van der Waals surface area contributed by atoms with Crippen molar-refractivity contribution < 1.29 is 13.5 Å². The summed E-state index contributed by atoms with van der Waals surface area (Å²) in [5.74, 6) is -2.82. The Balaban J connectivity index is 1.88. The summed E-state index contributed by atoms with van der Waals surface area (Å²) in [4.78, 5) is 0. The molecule has 1 unspecified atom stereocenters. The summed E-state index contributed by atoms with van der Waals surface area (Å²) >= 11 is 0. The van der Waals surface area contributed by atoms with Crippen LogP contribution < -0.4 is 5.32 Å². The first kappa shape index (κ1) is 12.5. The molecule has 2 nitrogen and oxygen atoms in total. The number of hydrogen-bond donors (Lipinski definition) is 1. The summed E-state index contributed by atoms with van der Waals surface area (Å²) in [5, 5.41) is 2.89. The van der Waals surface area contributed by atoms with Crippen molar-refractivity contribution in [3.8, 4) is 0 Å². The average molecular weight is 241 g/mol. The van der Waals surface area contributed by atoms with Gasteiger partial charge >= 0.3 is 0 Å². The predicted octanol–water partition coefficient (Wildman–Crippen LogP) is 2.55. The van der Waals surface area contributed by atoms with E-state index >= 15 is 0 Å². The molecule has 1 aromatic carbocycles. The van der Waals surface area contributed by atoms with Crippen LogP contribution >= 0.6 is 0 Å². The SMILES string of the molecule is FC(F)(CNC1CCCOC1)c1ccccc1. The molecular weight excluding hydrogens is 224 g/mol. The van der Waals surface area contributed by atoms with Gasteiger partial charge in [-0.05, 0) is 12.8 Å². The number of halogens is 2. The fourth-order valence-corrected chi connectivity index (χ4v) is 1.96. The van der Waals surface area contributed by atoms with Crippen molar-refractivity contribution in [2.75, 3.05) is 19.8 Å². The van der Waals surface area contributed by atoms with Crippen LogP contribution in [-0.4, -0.2) is 25.8 Å². The Morgan fingerprint density at radius 3 is 2.71 bits per heavy atom. The average Bonchev–Trinajstić information content (AvgIpc) is 2.39. The molecule has 1 atom stereocenters. The van der Waals surface area contributed by atoms with Crippen LogP contribution in [0.15, 0.2) is 30.3 Å². The van der Waals surface area contributed by atoms with Crippen LogP contribution in [-0.2, 0) is 10.7 Å². The van der Waals surface area contributed by atoms with Crippen molar-refractivity contribution in [2.45, 2.75) is 24.8 Å². The number of nitrogens with one attached hydrogen (secondary N) is 1. The molecule has 4 heteroatoms. The Morgan fingerprint density at radius 2 is 2.06 bits per heavy atom. The van der Waals surface area contributed by atoms with Crippen molar-refractivity contribution in [1.29, 1.82) is 0 Å². The van der Waals surface area contributed by atoms with Gasteiger partial charge in [0.2, 0.25) is 0 Å². The van der Waals surface area contributed by atoms with Gasteiger partial charge in [-0.25, -0.2) is 0 Å². The first-order chi connectivity index (χ1) is 8.18. The predicted molar refractivity (Wildman–Crippen MR) is 62.2 cm³/mol. The van der Waals surface area contributed by atoms with Gasteiger partial charge in [0.05, 0.1) is 13.2 Å². The molecule has 0 saturated carbocycles.